The Labute approximate surface area is 157 Å². The van der Waals surface area contributed by atoms with Crippen LogP contribution in [0.2, 0.25) is 5.02 Å². The quantitative estimate of drug-likeness (QED) is 0.526. The number of aromatic nitrogens is 4. The van der Waals surface area contributed by atoms with E-state index < -0.39 is 0 Å². The first-order chi connectivity index (χ1) is 12.6. The van der Waals surface area contributed by atoms with E-state index in [1.54, 1.807) is 16.9 Å². The first-order valence-corrected chi connectivity index (χ1v) is 8.50. The molecule has 2 radical (unpaired) electrons. The molecule has 126 valence electrons. The van der Waals surface area contributed by atoms with Gasteiger partial charge in [0.1, 0.15) is 13.7 Å². The van der Waals surface area contributed by atoms with Crippen molar-refractivity contribution in [2.24, 2.45) is 0 Å². The summed E-state index contributed by atoms with van der Waals surface area (Å²) in [5.74, 6) is 0.866. The third-order valence-electron chi connectivity index (χ3n) is 4.16. The number of anilines is 1. The van der Waals surface area contributed by atoms with Gasteiger partial charge in [0.05, 0.1) is 5.69 Å². The molecule has 3 aromatic heterocycles. The zero-order chi connectivity index (χ0) is 18.1. The third kappa shape index (κ3) is 3.04. The van der Waals surface area contributed by atoms with Crippen molar-refractivity contribution in [3.8, 4) is 11.3 Å². The van der Waals surface area contributed by atoms with E-state index in [9.17, 15) is 0 Å². The van der Waals surface area contributed by atoms with Gasteiger partial charge in [-0.2, -0.15) is 9.61 Å². The number of nitrogens with zero attached hydrogens (tertiary/aromatic N) is 5. The fraction of sp³-hybridized carbons (Fsp3) is 0.105. The molecule has 0 N–H and O–H groups in total. The van der Waals surface area contributed by atoms with Crippen LogP contribution in [-0.4, -0.2) is 34.5 Å². The number of fused-ring (bicyclic) bond motifs is 1. The second-order valence-electron chi connectivity index (χ2n) is 6.03. The van der Waals surface area contributed by atoms with E-state index >= 15 is 0 Å². The molecule has 7 heteroatoms. The van der Waals surface area contributed by atoms with Gasteiger partial charge in [-0.25, -0.2) is 4.98 Å². The van der Waals surface area contributed by atoms with E-state index in [4.69, 9.17) is 19.4 Å². The van der Waals surface area contributed by atoms with Crippen LogP contribution in [0.1, 0.15) is 5.56 Å². The molecule has 0 unspecified atom stereocenters. The average Bonchev–Trinajstić information content (AvgIpc) is 3.03. The van der Waals surface area contributed by atoms with Gasteiger partial charge < -0.3 is 4.90 Å². The van der Waals surface area contributed by atoms with E-state index in [0.717, 1.165) is 22.6 Å². The first kappa shape index (κ1) is 16.6. The standard InChI is InChI=1S/C19H15BClN5/c1-25(12-13-5-4-8-22-10-13)18-9-17(14-6-2-3-7-16(14)21)24-19-15(20)11-23-26(18)19/h2-11H,12H2,1H3. The molecule has 0 bridgehead atoms. The van der Waals surface area contributed by atoms with Gasteiger partial charge in [-0.3, -0.25) is 4.98 Å². The van der Waals surface area contributed by atoms with Crippen molar-refractivity contribution in [3.05, 3.63) is 71.6 Å². The Hall–Kier alpha value is -2.86. The summed E-state index contributed by atoms with van der Waals surface area (Å²) in [4.78, 5) is 10.9. The van der Waals surface area contributed by atoms with Gasteiger partial charge in [0.25, 0.3) is 0 Å². The van der Waals surface area contributed by atoms with Crippen LogP contribution in [0.4, 0.5) is 5.82 Å². The third-order valence-corrected chi connectivity index (χ3v) is 4.49. The lowest BCUT2D eigenvalue weighted by molar-refractivity contribution is 0.830. The lowest BCUT2D eigenvalue weighted by Crippen LogP contribution is -2.20. The molecule has 0 amide bonds. The molecule has 1 aromatic carbocycles. The van der Waals surface area contributed by atoms with Gasteiger partial charge in [-0.1, -0.05) is 35.9 Å². The van der Waals surface area contributed by atoms with Gasteiger partial charge in [0.15, 0.2) is 5.65 Å². The molecule has 0 atom stereocenters. The molecule has 3 heterocycles. The Morgan fingerprint density at radius 3 is 2.77 bits per heavy atom. The number of benzene rings is 1. The molecule has 4 rings (SSSR count). The first-order valence-electron chi connectivity index (χ1n) is 8.12. The fourth-order valence-corrected chi connectivity index (χ4v) is 3.12. The highest BCUT2D eigenvalue weighted by atomic mass is 35.5. The minimum Gasteiger partial charge on any atom is -0.355 e. The van der Waals surface area contributed by atoms with Crippen molar-refractivity contribution in [2.45, 2.75) is 6.54 Å². The lowest BCUT2D eigenvalue weighted by Gasteiger charge is -2.21. The Bertz CT molecular complexity index is 1060. The highest BCUT2D eigenvalue weighted by Gasteiger charge is 2.15. The molecule has 5 nitrogen and oxygen atoms in total. The van der Waals surface area contributed by atoms with E-state index in [2.05, 4.69) is 20.0 Å². The fourth-order valence-electron chi connectivity index (χ4n) is 2.89. The largest absolute Gasteiger partial charge is 0.355 e. The van der Waals surface area contributed by atoms with E-state index in [1.807, 2.05) is 55.7 Å². The van der Waals surface area contributed by atoms with Gasteiger partial charge in [0.2, 0.25) is 0 Å². The van der Waals surface area contributed by atoms with Crippen molar-refractivity contribution in [1.82, 2.24) is 19.6 Å². The predicted molar refractivity (Wildman–Crippen MR) is 105 cm³/mol. The highest BCUT2D eigenvalue weighted by molar-refractivity contribution is 6.36. The second-order valence-corrected chi connectivity index (χ2v) is 6.44. The molecule has 0 aliphatic rings. The molecule has 0 fully saturated rings. The SMILES string of the molecule is [B]c1cnn2c(N(C)Cc3cccnc3)cc(-c3ccccc3Cl)nc12. The number of hydrogen-bond donors (Lipinski definition) is 0. The number of pyridine rings is 1. The molecular formula is C19H15BClN5. The van der Waals surface area contributed by atoms with Crippen LogP contribution in [0.3, 0.4) is 0 Å². The van der Waals surface area contributed by atoms with Crippen molar-refractivity contribution in [3.63, 3.8) is 0 Å². The van der Waals surface area contributed by atoms with Crippen LogP contribution in [0, 0.1) is 0 Å². The average molecular weight is 360 g/mol. The van der Waals surface area contributed by atoms with Crippen LogP contribution in [0.25, 0.3) is 16.9 Å². The molecule has 26 heavy (non-hydrogen) atoms. The minimum atomic E-state index is 0.523. The van der Waals surface area contributed by atoms with Gasteiger partial charge in [-0.05, 0) is 23.2 Å². The summed E-state index contributed by atoms with van der Waals surface area (Å²) in [5, 5.41) is 5.02. The van der Waals surface area contributed by atoms with Gasteiger partial charge in [-0.15, -0.1) is 0 Å². The van der Waals surface area contributed by atoms with Crippen molar-refractivity contribution >= 4 is 36.4 Å². The summed E-state index contributed by atoms with van der Waals surface area (Å²) >= 11 is 6.37. The Morgan fingerprint density at radius 2 is 2.00 bits per heavy atom. The van der Waals surface area contributed by atoms with E-state index in [1.165, 1.54) is 0 Å². The molecule has 0 aliphatic heterocycles. The van der Waals surface area contributed by atoms with Crippen molar-refractivity contribution < 1.29 is 0 Å². The van der Waals surface area contributed by atoms with Crippen LogP contribution < -0.4 is 10.4 Å². The maximum atomic E-state index is 6.37. The van der Waals surface area contributed by atoms with Crippen LogP contribution in [-0.2, 0) is 6.54 Å². The highest BCUT2D eigenvalue weighted by Crippen LogP contribution is 2.29. The van der Waals surface area contributed by atoms with Gasteiger partial charge in [0, 0.05) is 48.8 Å². The van der Waals surface area contributed by atoms with Gasteiger partial charge >= 0.3 is 0 Å². The van der Waals surface area contributed by atoms with E-state index in [0.29, 0.717) is 22.7 Å². The maximum absolute atomic E-state index is 6.37. The summed E-state index contributed by atoms with van der Waals surface area (Å²) in [7, 11) is 8.07. The Balaban J connectivity index is 1.84. The monoisotopic (exact) mass is 359 g/mol. The van der Waals surface area contributed by atoms with Crippen molar-refractivity contribution in [2.75, 3.05) is 11.9 Å². The van der Waals surface area contributed by atoms with E-state index in [-0.39, 0.29) is 0 Å². The van der Waals surface area contributed by atoms with Crippen molar-refractivity contribution in [1.29, 1.82) is 0 Å². The summed E-state index contributed by atoms with van der Waals surface area (Å²) in [6.45, 7) is 0.675. The predicted octanol–water partition coefficient (Wildman–Crippen LogP) is 2.87. The summed E-state index contributed by atoms with van der Waals surface area (Å²) in [5.41, 5.74) is 3.83. The minimum absolute atomic E-state index is 0.523. The van der Waals surface area contributed by atoms with Crippen LogP contribution in [0.5, 0.6) is 0 Å². The Morgan fingerprint density at radius 1 is 1.15 bits per heavy atom. The second kappa shape index (κ2) is 6.80. The molecule has 0 saturated carbocycles. The van der Waals surface area contributed by atoms with Crippen LogP contribution >= 0.6 is 11.6 Å². The topological polar surface area (TPSA) is 46.3 Å². The zero-order valence-electron chi connectivity index (χ0n) is 14.2. The molecular weight excluding hydrogens is 345 g/mol. The number of rotatable bonds is 4. The molecule has 0 saturated heterocycles. The maximum Gasteiger partial charge on any atom is 0.150 e. The number of hydrogen-bond acceptors (Lipinski definition) is 4. The summed E-state index contributed by atoms with van der Waals surface area (Å²) < 4.78 is 1.74. The molecule has 0 spiro atoms. The normalized spacial score (nSPS) is 11.0. The van der Waals surface area contributed by atoms with Crippen LogP contribution in [0.15, 0.2) is 61.1 Å². The summed E-state index contributed by atoms with van der Waals surface area (Å²) in [6, 6.07) is 13.6. The molecule has 0 aliphatic carbocycles. The lowest BCUT2D eigenvalue weighted by atomic mass is 10.0. The Kier molecular flexibility index (Phi) is 4.35. The summed E-state index contributed by atoms with van der Waals surface area (Å²) in [6.07, 6.45) is 5.22. The molecule has 4 aromatic rings. The number of halogens is 1. The zero-order valence-corrected chi connectivity index (χ0v) is 14.9. The smallest absolute Gasteiger partial charge is 0.150 e.